The molecular weight excluding hydrogens is 282 g/mol. The van der Waals surface area contributed by atoms with Crippen LogP contribution in [0.2, 0.25) is 0 Å². The van der Waals surface area contributed by atoms with Gasteiger partial charge in [0.05, 0.1) is 11.0 Å². The van der Waals surface area contributed by atoms with Crippen molar-refractivity contribution in [2.45, 2.75) is 36.8 Å². The summed E-state index contributed by atoms with van der Waals surface area (Å²) < 4.78 is 26.0. The van der Waals surface area contributed by atoms with Crippen molar-refractivity contribution < 1.29 is 23.4 Å². The average Bonchev–Trinajstić information content (AvgIpc) is 2.38. The molecule has 7 heteroatoms. The van der Waals surface area contributed by atoms with Gasteiger partial charge in [0.25, 0.3) is 0 Å². The van der Waals surface area contributed by atoms with Crippen LogP contribution in [0.5, 0.6) is 0 Å². The number of aryl methyl sites for hydroxylation is 1. The fourth-order valence-electron chi connectivity index (χ4n) is 2.28. The summed E-state index contributed by atoms with van der Waals surface area (Å²) >= 11 is 0. The van der Waals surface area contributed by atoms with Crippen LogP contribution in [0.4, 0.5) is 0 Å². The zero-order chi connectivity index (χ0) is 14.9. The second-order valence-corrected chi connectivity index (χ2v) is 6.85. The smallest absolute Gasteiger partial charge is 0.322 e. The summed E-state index contributed by atoms with van der Waals surface area (Å²) in [6.07, 6.45) is -0.615. The van der Waals surface area contributed by atoms with Crippen LogP contribution in [0.25, 0.3) is 0 Å². The van der Waals surface area contributed by atoms with Crippen LogP contribution >= 0.6 is 0 Å². The van der Waals surface area contributed by atoms with Crippen molar-refractivity contribution in [2.75, 3.05) is 6.54 Å². The summed E-state index contributed by atoms with van der Waals surface area (Å²) in [6.45, 7) is 1.85. The highest BCUT2D eigenvalue weighted by molar-refractivity contribution is 7.89. The summed E-state index contributed by atoms with van der Waals surface area (Å²) in [4.78, 5) is 11.3. The van der Waals surface area contributed by atoms with Gasteiger partial charge in [-0.3, -0.25) is 4.79 Å². The van der Waals surface area contributed by atoms with Crippen LogP contribution in [0.15, 0.2) is 29.2 Å². The molecule has 1 saturated heterocycles. The number of aliphatic carboxylic acids is 1. The highest BCUT2D eigenvalue weighted by atomic mass is 32.2. The Morgan fingerprint density at radius 1 is 1.30 bits per heavy atom. The van der Waals surface area contributed by atoms with Gasteiger partial charge in [0.15, 0.2) is 0 Å². The molecular formula is C13H17NO5S. The Hall–Kier alpha value is -1.44. The number of carbonyl (C=O) groups is 1. The fourth-order valence-corrected chi connectivity index (χ4v) is 3.89. The SMILES string of the molecule is Cc1ccc(S(=O)(=O)N2CC[C@@H](O)C[C@@H]2C(=O)O)cc1. The van der Waals surface area contributed by atoms with Crippen molar-refractivity contribution in [2.24, 2.45) is 0 Å². The van der Waals surface area contributed by atoms with E-state index < -0.39 is 28.1 Å². The zero-order valence-corrected chi connectivity index (χ0v) is 11.9. The van der Waals surface area contributed by atoms with Crippen molar-refractivity contribution in [3.63, 3.8) is 0 Å². The van der Waals surface area contributed by atoms with Crippen LogP contribution in [-0.4, -0.2) is 47.6 Å². The molecule has 0 spiro atoms. The quantitative estimate of drug-likeness (QED) is 0.852. The molecule has 110 valence electrons. The summed E-state index contributed by atoms with van der Waals surface area (Å²) in [5.74, 6) is -1.24. The van der Waals surface area contributed by atoms with E-state index in [4.69, 9.17) is 5.11 Å². The fraction of sp³-hybridized carbons (Fsp3) is 0.462. The molecule has 1 aromatic carbocycles. The molecule has 2 rings (SSSR count). The Morgan fingerprint density at radius 3 is 2.45 bits per heavy atom. The van der Waals surface area contributed by atoms with E-state index >= 15 is 0 Å². The highest BCUT2D eigenvalue weighted by Crippen LogP contribution is 2.26. The maximum absolute atomic E-state index is 12.5. The van der Waals surface area contributed by atoms with Crippen LogP contribution in [0.1, 0.15) is 18.4 Å². The predicted molar refractivity (Wildman–Crippen MR) is 71.7 cm³/mol. The molecule has 1 heterocycles. The number of piperidine rings is 1. The Balaban J connectivity index is 2.36. The number of benzene rings is 1. The molecule has 0 aromatic heterocycles. The van der Waals surface area contributed by atoms with Gasteiger partial charge in [-0.1, -0.05) is 17.7 Å². The van der Waals surface area contributed by atoms with E-state index in [0.717, 1.165) is 9.87 Å². The third kappa shape index (κ3) is 2.84. The molecule has 1 aromatic rings. The number of nitrogens with zero attached hydrogens (tertiary/aromatic N) is 1. The standard InChI is InChI=1S/C13H17NO5S/c1-9-2-4-11(5-3-9)20(18,19)14-7-6-10(15)8-12(14)13(16)17/h2-5,10,12,15H,6-8H2,1H3,(H,16,17)/t10-,12-/m1/s1. The number of sulfonamides is 1. The van der Waals surface area contributed by atoms with Gasteiger partial charge in [0.1, 0.15) is 6.04 Å². The number of rotatable bonds is 3. The summed E-state index contributed by atoms with van der Waals surface area (Å²) in [7, 11) is -3.86. The van der Waals surface area contributed by atoms with Gasteiger partial charge in [-0.25, -0.2) is 8.42 Å². The number of hydrogen-bond acceptors (Lipinski definition) is 4. The van der Waals surface area contributed by atoms with Gasteiger partial charge in [-0.15, -0.1) is 0 Å². The van der Waals surface area contributed by atoms with E-state index in [1.807, 2.05) is 6.92 Å². The zero-order valence-electron chi connectivity index (χ0n) is 11.1. The number of hydrogen-bond donors (Lipinski definition) is 2. The van der Waals surface area contributed by atoms with E-state index in [9.17, 15) is 18.3 Å². The molecule has 0 amide bonds. The average molecular weight is 299 g/mol. The van der Waals surface area contributed by atoms with Gasteiger partial charge in [-0.05, 0) is 25.5 Å². The first-order chi connectivity index (χ1) is 9.32. The monoisotopic (exact) mass is 299 g/mol. The maximum Gasteiger partial charge on any atom is 0.322 e. The first-order valence-electron chi connectivity index (χ1n) is 6.32. The molecule has 0 bridgehead atoms. The molecule has 0 unspecified atom stereocenters. The molecule has 1 aliphatic heterocycles. The maximum atomic E-state index is 12.5. The van der Waals surface area contributed by atoms with Gasteiger partial charge < -0.3 is 10.2 Å². The molecule has 2 atom stereocenters. The van der Waals surface area contributed by atoms with Gasteiger partial charge in [0, 0.05) is 13.0 Å². The number of carboxylic acids is 1. The third-order valence-electron chi connectivity index (χ3n) is 3.44. The van der Waals surface area contributed by atoms with E-state index in [1.54, 1.807) is 12.1 Å². The van der Waals surface area contributed by atoms with Crippen molar-refractivity contribution in [1.29, 1.82) is 0 Å². The Labute approximate surface area is 117 Å². The number of carboxylic acid groups (broad SMARTS) is 1. The van der Waals surface area contributed by atoms with Crippen LogP contribution in [-0.2, 0) is 14.8 Å². The minimum absolute atomic E-state index is 0.00828. The summed E-state index contributed by atoms with van der Waals surface area (Å²) in [6, 6.07) is 5.05. The molecule has 20 heavy (non-hydrogen) atoms. The van der Waals surface area contributed by atoms with Crippen LogP contribution < -0.4 is 0 Å². The minimum Gasteiger partial charge on any atom is -0.480 e. The first-order valence-corrected chi connectivity index (χ1v) is 7.76. The molecule has 0 radical (unpaired) electrons. The van der Waals surface area contributed by atoms with Crippen LogP contribution in [0, 0.1) is 6.92 Å². The second kappa shape index (κ2) is 5.51. The lowest BCUT2D eigenvalue weighted by Crippen LogP contribution is -2.51. The number of aliphatic hydroxyl groups excluding tert-OH is 1. The van der Waals surface area contributed by atoms with E-state index in [-0.39, 0.29) is 24.3 Å². The highest BCUT2D eigenvalue weighted by Gasteiger charge is 2.40. The summed E-state index contributed by atoms with van der Waals surface area (Å²) in [5, 5.41) is 18.7. The second-order valence-electron chi connectivity index (χ2n) is 4.96. The summed E-state index contributed by atoms with van der Waals surface area (Å²) in [5.41, 5.74) is 0.924. The molecule has 2 N–H and O–H groups in total. The van der Waals surface area contributed by atoms with E-state index in [0.29, 0.717) is 0 Å². The Morgan fingerprint density at radius 2 is 1.90 bits per heavy atom. The topological polar surface area (TPSA) is 94.9 Å². The molecule has 1 aliphatic rings. The lowest BCUT2D eigenvalue weighted by Gasteiger charge is -2.34. The minimum atomic E-state index is -3.86. The number of aliphatic hydroxyl groups is 1. The van der Waals surface area contributed by atoms with Crippen molar-refractivity contribution in [3.05, 3.63) is 29.8 Å². The molecule has 1 fully saturated rings. The molecule has 0 aliphatic carbocycles. The van der Waals surface area contributed by atoms with Gasteiger partial charge >= 0.3 is 5.97 Å². The van der Waals surface area contributed by atoms with Crippen molar-refractivity contribution in [1.82, 2.24) is 4.31 Å². The predicted octanol–water partition coefficient (Wildman–Crippen LogP) is 0.594. The van der Waals surface area contributed by atoms with E-state index in [1.165, 1.54) is 12.1 Å². The van der Waals surface area contributed by atoms with E-state index in [2.05, 4.69) is 0 Å². The van der Waals surface area contributed by atoms with Crippen molar-refractivity contribution in [3.8, 4) is 0 Å². The Kier molecular flexibility index (Phi) is 4.12. The molecule has 0 saturated carbocycles. The van der Waals surface area contributed by atoms with Crippen molar-refractivity contribution >= 4 is 16.0 Å². The molecule has 6 nitrogen and oxygen atoms in total. The lowest BCUT2D eigenvalue weighted by molar-refractivity contribution is -0.143. The van der Waals surface area contributed by atoms with Crippen LogP contribution in [0.3, 0.4) is 0 Å². The normalized spacial score (nSPS) is 24.5. The van der Waals surface area contributed by atoms with Gasteiger partial charge in [0.2, 0.25) is 10.0 Å². The van der Waals surface area contributed by atoms with Gasteiger partial charge in [-0.2, -0.15) is 4.31 Å². The third-order valence-corrected chi connectivity index (χ3v) is 5.36. The first kappa shape index (κ1) is 15.0. The largest absolute Gasteiger partial charge is 0.480 e. The Bertz CT molecular complexity index is 596. The lowest BCUT2D eigenvalue weighted by atomic mass is 10.0.